The van der Waals surface area contributed by atoms with Crippen molar-refractivity contribution >= 4 is 52.3 Å². The maximum Gasteiger partial charge on any atom is 0.343 e. The highest BCUT2D eigenvalue weighted by Gasteiger charge is 2.28. The van der Waals surface area contributed by atoms with Crippen molar-refractivity contribution in [2.45, 2.75) is 32.6 Å². The van der Waals surface area contributed by atoms with Crippen LogP contribution < -0.4 is 20.2 Å². The number of thiophene rings is 1. The van der Waals surface area contributed by atoms with Crippen molar-refractivity contribution in [3.8, 4) is 11.5 Å². The molecule has 0 radical (unpaired) electrons. The summed E-state index contributed by atoms with van der Waals surface area (Å²) in [6, 6.07) is 20.9. The fraction of sp³-hybridized carbons (Fsp3) is 0.176. The predicted molar refractivity (Wildman–Crippen MR) is 171 cm³/mol. The first-order valence-corrected chi connectivity index (χ1v) is 15.3. The number of hydrogen-bond donors (Lipinski definition) is 2. The zero-order chi connectivity index (χ0) is 32.5. The highest BCUT2D eigenvalue weighted by molar-refractivity contribution is 7.17. The fourth-order valence-corrected chi connectivity index (χ4v) is 5.96. The minimum Gasteiger partial charge on any atom is -0.462 e. The maximum atomic E-state index is 12.8. The summed E-state index contributed by atoms with van der Waals surface area (Å²) in [6.07, 6.45) is 4.53. The Morgan fingerprint density at radius 3 is 2.13 bits per heavy atom. The molecule has 234 valence electrons. The molecule has 1 aliphatic carbocycles. The molecule has 46 heavy (non-hydrogen) atoms. The van der Waals surface area contributed by atoms with Gasteiger partial charge in [0.05, 0.1) is 29.5 Å². The van der Waals surface area contributed by atoms with Crippen molar-refractivity contribution < 1.29 is 38.2 Å². The van der Waals surface area contributed by atoms with E-state index in [2.05, 4.69) is 15.8 Å². The van der Waals surface area contributed by atoms with E-state index >= 15 is 0 Å². The van der Waals surface area contributed by atoms with Crippen molar-refractivity contribution in [3.63, 3.8) is 0 Å². The van der Waals surface area contributed by atoms with E-state index in [1.807, 2.05) is 0 Å². The fourth-order valence-electron chi connectivity index (χ4n) is 4.69. The van der Waals surface area contributed by atoms with Crippen LogP contribution >= 0.6 is 11.3 Å². The third-order valence-corrected chi connectivity index (χ3v) is 8.08. The molecular weight excluding hydrogens is 610 g/mol. The molecule has 4 aromatic rings. The third kappa shape index (κ3) is 7.71. The van der Waals surface area contributed by atoms with Crippen LogP contribution in [0, 0.1) is 0 Å². The Hall–Kier alpha value is -5.62. The number of carbonyl (C=O) groups excluding carboxylic acids is 5. The number of hydrazone groups is 1. The number of nitrogens with zero attached hydrogens (tertiary/aromatic N) is 1. The standard InChI is InChI=1S/C34H29N3O8S/c1-2-43-34(42)28-25-15-9-10-16-27(25)46-31(28)36-29(38)30(39)37-35-20-23-17-18-24(44-32(40)21-11-5-3-6-12-21)19-26(23)45-33(41)22-13-7-4-8-14-22/h3-8,11-14,17-20H,2,9-10,15-16H2,1H3,(H,36,38)(H,37,39)/b35-20+. The summed E-state index contributed by atoms with van der Waals surface area (Å²) in [5.41, 5.74) is 4.12. The van der Waals surface area contributed by atoms with E-state index in [9.17, 15) is 24.0 Å². The molecule has 0 saturated carbocycles. The Labute approximate surface area is 268 Å². The lowest BCUT2D eigenvalue weighted by atomic mass is 9.95. The molecule has 1 heterocycles. The molecule has 0 fully saturated rings. The van der Waals surface area contributed by atoms with Crippen LogP contribution in [0.3, 0.4) is 0 Å². The number of anilines is 1. The van der Waals surface area contributed by atoms with E-state index in [1.165, 1.54) is 35.8 Å². The van der Waals surface area contributed by atoms with Crippen LogP contribution in [0.5, 0.6) is 11.5 Å². The molecule has 11 nitrogen and oxygen atoms in total. The van der Waals surface area contributed by atoms with Crippen molar-refractivity contribution in [1.82, 2.24) is 5.43 Å². The Balaban J connectivity index is 1.31. The van der Waals surface area contributed by atoms with E-state index in [1.54, 1.807) is 67.6 Å². The number of benzene rings is 3. The van der Waals surface area contributed by atoms with Gasteiger partial charge in [0.25, 0.3) is 0 Å². The molecule has 0 atom stereocenters. The first kappa shape index (κ1) is 31.8. The molecule has 0 unspecified atom stereocenters. The number of hydrogen-bond acceptors (Lipinski definition) is 10. The minimum atomic E-state index is -1.09. The van der Waals surface area contributed by atoms with Gasteiger partial charge in [-0.15, -0.1) is 11.3 Å². The summed E-state index contributed by atoms with van der Waals surface area (Å²) >= 11 is 1.26. The van der Waals surface area contributed by atoms with Gasteiger partial charge in [-0.1, -0.05) is 36.4 Å². The summed E-state index contributed by atoms with van der Waals surface area (Å²) in [7, 11) is 0. The first-order valence-electron chi connectivity index (χ1n) is 14.5. The normalized spacial score (nSPS) is 12.1. The van der Waals surface area contributed by atoms with Crippen LogP contribution in [0.15, 0.2) is 84.0 Å². The molecule has 5 rings (SSSR count). The SMILES string of the molecule is CCOC(=O)c1c(NC(=O)C(=O)N/N=C/c2ccc(OC(=O)c3ccccc3)cc2OC(=O)c2ccccc2)sc2c1CCCC2. The average Bonchev–Trinajstić information content (AvgIpc) is 3.44. The van der Waals surface area contributed by atoms with Gasteiger partial charge < -0.3 is 19.5 Å². The van der Waals surface area contributed by atoms with Crippen molar-refractivity contribution in [2.24, 2.45) is 5.10 Å². The smallest absolute Gasteiger partial charge is 0.343 e. The quantitative estimate of drug-likeness (QED) is 0.0821. The van der Waals surface area contributed by atoms with Crippen molar-refractivity contribution in [2.75, 3.05) is 11.9 Å². The number of aryl methyl sites for hydroxylation is 1. The Kier molecular flexibility index (Phi) is 10.3. The van der Waals surface area contributed by atoms with Crippen molar-refractivity contribution in [3.05, 3.63) is 112 Å². The summed E-state index contributed by atoms with van der Waals surface area (Å²) in [5, 5.41) is 6.64. The van der Waals surface area contributed by atoms with Crippen LogP contribution in [-0.2, 0) is 27.2 Å². The Bertz CT molecular complexity index is 1800. The number of esters is 3. The number of nitrogens with one attached hydrogen (secondary N) is 2. The number of carbonyl (C=O) groups is 5. The van der Waals surface area contributed by atoms with Gasteiger partial charge in [-0.25, -0.2) is 19.8 Å². The van der Waals surface area contributed by atoms with Crippen LogP contribution in [0.4, 0.5) is 5.00 Å². The topological polar surface area (TPSA) is 149 Å². The Morgan fingerprint density at radius 2 is 1.46 bits per heavy atom. The van der Waals surface area contributed by atoms with E-state index in [0.29, 0.717) is 12.0 Å². The second-order valence-electron chi connectivity index (χ2n) is 10.00. The monoisotopic (exact) mass is 639 g/mol. The molecule has 0 spiro atoms. The zero-order valence-electron chi connectivity index (χ0n) is 24.7. The molecule has 2 N–H and O–H groups in total. The van der Waals surface area contributed by atoms with Gasteiger partial charge >= 0.3 is 29.7 Å². The number of rotatable bonds is 9. The average molecular weight is 640 g/mol. The van der Waals surface area contributed by atoms with E-state index in [4.69, 9.17) is 14.2 Å². The van der Waals surface area contributed by atoms with Gasteiger partial charge in [0, 0.05) is 16.5 Å². The second-order valence-corrected chi connectivity index (χ2v) is 11.1. The van der Waals surface area contributed by atoms with Gasteiger partial charge in [0.2, 0.25) is 0 Å². The van der Waals surface area contributed by atoms with Gasteiger partial charge in [-0.2, -0.15) is 5.10 Å². The van der Waals surface area contributed by atoms with E-state index < -0.39 is 29.7 Å². The largest absolute Gasteiger partial charge is 0.462 e. The minimum absolute atomic E-state index is 0.0158. The summed E-state index contributed by atoms with van der Waals surface area (Å²) in [5.74, 6) is -3.88. The number of amides is 2. The molecule has 1 aliphatic rings. The van der Waals surface area contributed by atoms with Crippen LogP contribution in [0.2, 0.25) is 0 Å². The number of ether oxygens (including phenoxy) is 3. The highest BCUT2D eigenvalue weighted by Crippen LogP contribution is 2.38. The van der Waals surface area contributed by atoms with Crippen LogP contribution in [-0.4, -0.2) is 42.5 Å². The Morgan fingerprint density at radius 1 is 0.804 bits per heavy atom. The molecular formula is C34H29N3O8S. The van der Waals surface area contributed by atoms with Crippen LogP contribution in [0.1, 0.15) is 66.8 Å². The summed E-state index contributed by atoms with van der Waals surface area (Å²) in [4.78, 5) is 64.5. The van der Waals surface area contributed by atoms with Gasteiger partial charge in [0.1, 0.15) is 16.5 Å². The molecule has 3 aromatic carbocycles. The van der Waals surface area contributed by atoms with E-state index in [0.717, 1.165) is 29.7 Å². The molecule has 0 bridgehead atoms. The lowest BCUT2D eigenvalue weighted by molar-refractivity contribution is -0.136. The summed E-state index contributed by atoms with van der Waals surface area (Å²) < 4.78 is 16.2. The van der Waals surface area contributed by atoms with Crippen LogP contribution in [0.25, 0.3) is 0 Å². The van der Waals surface area contributed by atoms with Gasteiger partial charge in [-0.05, 0) is 74.6 Å². The summed E-state index contributed by atoms with van der Waals surface area (Å²) in [6.45, 7) is 1.87. The third-order valence-electron chi connectivity index (χ3n) is 6.87. The van der Waals surface area contributed by atoms with E-state index in [-0.39, 0.29) is 39.8 Å². The lowest BCUT2D eigenvalue weighted by Crippen LogP contribution is -2.32. The lowest BCUT2D eigenvalue weighted by Gasteiger charge is -2.12. The zero-order valence-corrected chi connectivity index (χ0v) is 25.6. The van der Waals surface area contributed by atoms with Crippen molar-refractivity contribution in [1.29, 1.82) is 0 Å². The maximum absolute atomic E-state index is 12.8. The van der Waals surface area contributed by atoms with Gasteiger partial charge in [0.15, 0.2) is 0 Å². The molecule has 0 saturated heterocycles. The second kappa shape index (κ2) is 14.9. The first-order chi connectivity index (χ1) is 22.3. The number of fused-ring (bicyclic) bond motifs is 1. The highest BCUT2D eigenvalue weighted by atomic mass is 32.1. The van der Waals surface area contributed by atoms with Gasteiger partial charge in [-0.3, -0.25) is 9.59 Å². The predicted octanol–water partition coefficient (Wildman–Crippen LogP) is 5.33. The molecule has 1 aromatic heterocycles. The molecule has 2 amide bonds. The molecule has 0 aliphatic heterocycles. The molecule has 12 heteroatoms.